The van der Waals surface area contributed by atoms with Gasteiger partial charge in [-0.25, -0.2) is 4.79 Å². The molecule has 0 unspecified atom stereocenters. The molecule has 4 rings (SSSR count). The summed E-state index contributed by atoms with van der Waals surface area (Å²) in [6, 6.07) is 7.30. The molecule has 5 nitrogen and oxygen atoms in total. The molecule has 122 valence electrons. The number of benzene rings is 2. The number of fused-ring (bicyclic) bond motifs is 5. The van der Waals surface area contributed by atoms with Crippen LogP contribution in [0.3, 0.4) is 0 Å². The van der Waals surface area contributed by atoms with Gasteiger partial charge in [0, 0.05) is 11.5 Å². The highest BCUT2D eigenvalue weighted by Gasteiger charge is 2.19. The quantitative estimate of drug-likeness (QED) is 0.514. The van der Waals surface area contributed by atoms with Crippen molar-refractivity contribution < 1.29 is 18.3 Å². The molecule has 0 aliphatic carbocycles. The molecule has 2 aromatic carbocycles. The average molecular weight is 324 g/mol. The Balaban J connectivity index is 2.23. The Kier molecular flexibility index (Phi) is 3.06. The smallest absolute Gasteiger partial charge is 0.348 e. The van der Waals surface area contributed by atoms with Gasteiger partial charge in [0.25, 0.3) is 0 Å². The van der Waals surface area contributed by atoms with Crippen LogP contribution in [-0.2, 0) is 0 Å². The van der Waals surface area contributed by atoms with E-state index < -0.39 is 5.63 Å². The van der Waals surface area contributed by atoms with E-state index in [1.165, 1.54) is 0 Å². The number of hydrogen-bond acceptors (Lipinski definition) is 5. The third-order valence-corrected chi connectivity index (χ3v) is 4.44. The Hall–Kier alpha value is -2.95. The van der Waals surface area contributed by atoms with Gasteiger partial charge in [0.05, 0.1) is 19.6 Å². The van der Waals surface area contributed by atoms with Crippen LogP contribution in [0.15, 0.2) is 37.9 Å². The van der Waals surface area contributed by atoms with Gasteiger partial charge in [-0.05, 0) is 43.2 Å². The van der Waals surface area contributed by atoms with E-state index in [-0.39, 0.29) is 0 Å². The number of hydrogen-bond donors (Lipinski definition) is 0. The van der Waals surface area contributed by atoms with Gasteiger partial charge in [-0.1, -0.05) is 0 Å². The van der Waals surface area contributed by atoms with Crippen LogP contribution in [0.25, 0.3) is 32.9 Å². The van der Waals surface area contributed by atoms with Crippen molar-refractivity contribution in [3.63, 3.8) is 0 Å². The summed E-state index contributed by atoms with van der Waals surface area (Å²) in [6.07, 6.45) is 0. The van der Waals surface area contributed by atoms with Gasteiger partial charge in [0.2, 0.25) is 0 Å². The van der Waals surface area contributed by atoms with Crippen LogP contribution in [-0.4, -0.2) is 14.2 Å². The molecule has 0 aliphatic rings. The highest BCUT2D eigenvalue weighted by atomic mass is 16.5. The maximum Gasteiger partial charge on any atom is 0.348 e. The third-order valence-electron chi connectivity index (χ3n) is 4.44. The Labute approximate surface area is 137 Å². The largest absolute Gasteiger partial charge is 0.493 e. The van der Waals surface area contributed by atoms with Crippen molar-refractivity contribution in [1.29, 1.82) is 0 Å². The van der Waals surface area contributed by atoms with Crippen LogP contribution in [0.2, 0.25) is 0 Å². The maximum atomic E-state index is 12.5. The Morgan fingerprint density at radius 2 is 1.42 bits per heavy atom. The summed E-state index contributed by atoms with van der Waals surface area (Å²) in [6.45, 7) is 3.99. The van der Waals surface area contributed by atoms with Gasteiger partial charge >= 0.3 is 5.63 Å². The lowest BCUT2D eigenvalue weighted by Gasteiger charge is -2.06. The predicted octanol–water partition coefficient (Wildman–Crippen LogP) is 4.33. The zero-order valence-electron chi connectivity index (χ0n) is 13.9. The van der Waals surface area contributed by atoms with Crippen LogP contribution in [0.4, 0.5) is 0 Å². The zero-order chi connectivity index (χ0) is 17.0. The first kappa shape index (κ1) is 14.6. The van der Waals surface area contributed by atoms with Crippen LogP contribution < -0.4 is 15.1 Å². The Morgan fingerprint density at radius 3 is 2.12 bits per heavy atom. The molecule has 5 heteroatoms. The summed E-state index contributed by atoms with van der Waals surface area (Å²) < 4.78 is 22.1. The number of ether oxygens (including phenoxy) is 2. The lowest BCUT2D eigenvalue weighted by atomic mass is 10.1. The topological polar surface area (TPSA) is 61.8 Å². The number of aryl methyl sites for hydroxylation is 2. The van der Waals surface area contributed by atoms with Crippen molar-refractivity contribution in [2.75, 3.05) is 14.2 Å². The fourth-order valence-electron chi connectivity index (χ4n) is 3.02. The molecule has 0 spiro atoms. The van der Waals surface area contributed by atoms with E-state index in [4.69, 9.17) is 18.3 Å². The molecule has 0 amide bonds. The lowest BCUT2D eigenvalue weighted by molar-refractivity contribution is 0.355. The SMILES string of the molecule is COc1cc2oc3c4cc(C)c(C)cc4oc(=O)c3c2cc1OC. The molecule has 0 saturated carbocycles. The van der Waals surface area contributed by atoms with E-state index in [1.807, 2.05) is 26.0 Å². The van der Waals surface area contributed by atoms with E-state index in [2.05, 4.69) is 0 Å². The molecule has 4 aromatic rings. The van der Waals surface area contributed by atoms with E-state index in [9.17, 15) is 4.79 Å². The molecule has 2 aromatic heterocycles. The van der Waals surface area contributed by atoms with E-state index in [1.54, 1.807) is 26.4 Å². The van der Waals surface area contributed by atoms with Gasteiger partial charge in [-0.3, -0.25) is 0 Å². The Morgan fingerprint density at radius 1 is 0.792 bits per heavy atom. The minimum Gasteiger partial charge on any atom is -0.493 e. The average Bonchev–Trinajstić information content (AvgIpc) is 2.94. The molecule has 2 heterocycles. The summed E-state index contributed by atoms with van der Waals surface area (Å²) in [5, 5.41) is 1.85. The molecule has 0 bridgehead atoms. The second-order valence-corrected chi connectivity index (χ2v) is 5.83. The molecule has 0 atom stereocenters. The van der Waals surface area contributed by atoms with E-state index >= 15 is 0 Å². The van der Waals surface area contributed by atoms with Crippen LogP contribution in [0, 0.1) is 13.8 Å². The van der Waals surface area contributed by atoms with E-state index in [0.717, 1.165) is 16.5 Å². The summed E-state index contributed by atoms with van der Waals surface area (Å²) in [5.41, 5.74) is 3.34. The highest BCUT2D eigenvalue weighted by molar-refractivity contribution is 6.13. The minimum absolute atomic E-state index is 0.418. The first-order valence-corrected chi connectivity index (χ1v) is 7.55. The molecular weight excluding hydrogens is 308 g/mol. The molecule has 0 radical (unpaired) electrons. The first-order chi connectivity index (χ1) is 11.5. The lowest BCUT2D eigenvalue weighted by Crippen LogP contribution is -1.99. The number of furan rings is 1. The summed E-state index contributed by atoms with van der Waals surface area (Å²) in [7, 11) is 3.11. The fraction of sp³-hybridized carbons (Fsp3) is 0.211. The third kappa shape index (κ3) is 1.91. The standard InChI is InChI=1S/C19H16O5/c1-9-5-12-13(6-10(9)2)24-19(20)17-11-7-15(21-3)16(22-4)8-14(11)23-18(12)17/h5-8H,1-4H3. The van der Waals surface area contributed by atoms with Gasteiger partial charge in [-0.2, -0.15) is 0 Å². The van der Waals surface area contributed by atoms with Gasteiger partial charge in [0.1, 0.15) is 16.6 Å². The minimum atomic E-state index is -0.424. The van der Waals surface area contributed by atoms with Crippen molar-refractivity contribution in [1.82, 2.24) is 0 Å². The molecule has 0 N–H and O–H groups in total. The van der Waals surface area contributed by atoms with Gasteiger partial charge in [0.15, 0.2) is 17.1 Å². The first-order valence-electron chi connectivity index (χ1n) is 7.55. The second-order valence-electron chi connectivity index (χ2n) is 5.83. The number of rotatable bonds is 2. The highest BCUT2D eigenvalue weighted by Crippen LogP contribution is 2.38. The summed E-state index contributed by atoms with van der Waals surface area (Å²) in [4.78, 5) is 12.5. The molecular formula is C19H16O5. The number of methoxy groups -OCH3 is 2. The Bertz CT molecular complexity index is 1160. The summed E-state index contributed by atoms with van der Waals surface area (Å²) in [5.74, 6) is 1.08. The molecule has 0 saturated heterocycles. The second kappa shape index (κ2) is 5.03. The van der Waals surface area contributed by atoms with Crippen LogP contribution in [0.5, 0.6) is 11.5 Å². The molecule has 0 fully saturated rings. The van der Waals surface area contributed by atoms with E-state index in [0.29, 0.717) is 39.0 Å². The maximum absolute atomic E-state index is 12.5. The molecule has 24 heavy (non-hydrogen) atoms. The zero-order valence-corrected chi connectivity index (χ0v) is 13.9. The monoisotopic (exact) mass is 324 g/mol. The molecule has 0 aliphatic heterocycles. The van der Waals surface area contributed by atoms with Crippen LogP contribution in [0.1, 0.15) is 11.1 Å². The van der Waals surface area contributed by atoms with Gasteiger partial charge < -0.3 is 18.3 Å². The van der Waals surface area contributed by atoms with Crippen molar-refractivity contribution in [3.8, 4) is 11.5 Å². The van der Waals surface area contributed by atoms with Crippen molar-refractivity contribution in [2.24, 2.45) is 0 Å². The van der Waals surface area contributed by atoms with Crippen molar-refractivity contribution >= 4 is 32.9 Å². The summed E-state index contributed by atoms with van der Waals surface area (Å²) >= 11 is 0. The van der Waals surface area contributed by atoms with Crippen molar-refractivity contribution in [3.05, 3.63) is 45.8 Å². The normalized spacial score (nSPS) is 11.5. The van der Waals surface area contributed by atoms with Crippen LogP contribution >= 0.6 is 0 Å². The fourth-order valence-corrected chi connectivity index (χ4v) is 3.02. The van der Waals surface area contributed by atoms with Gasteiger partial charge in [-0.15, -0.1) is 0 Å². The van der Waals surface area contributed by atoms with Crippen molar-refractivity contribution in [2.45, 2.75) is 13.8 Å². The predicted molar refractivity (Wildman–Crippen MR) is 92.3 cm³/mol.